The molecule has 0 bridgehead atoms. The van der Waals surface area contributed by atoms with Crippen LogP contribution in [0.1, 0.15) is 16.7 Å². The lowest BCUT2D eigenvalue weighted by Crippen LogP contribution is -2.11. The minimum atomic E-state index is -0.216. The number of fused-ring (bicyclic) bond motifs is 1. The van der Waals surface area contributed by atoms with Crippen LogP contribution in [0.5, 0.6) is 0 Å². The highest BCUT2D eigenvalue weighted by atomic mass is 32.1. The van der Waals surface area contributed by atoms with Crippen molar-refractivity contribution in [2.45, 2.75) is 12.5 Å². The van der Waals surface area contributed by atoms with Gasteiger partial charge < -0.3 is 10.2 Å². The maximum atomic E-state index is 13.1. The van der Waals surface area contributed by atoms with Crippen LogP contribution in [0.4, 0.5) is 4.39 Å². The second kappa shape index (κ2) is 4.55. The Morgan fingerprint density at radius 1 is 1.28 bits per heavy atom. The van der Waals surface area contributed by atoms with Crippen molar-refractivity contribution in [3.63, 3.8) is 0 Å². The van der Waals surface area contributed by atoms with Crippen molar-refractivity contribution in [2.24, 2.45) is 5.73 Å². The summed E-state index contributed by atoms with van der Waals surface area (Å²) in [5, 5.41) is 0.907. The summed E-state index contributed by atoms with van der Waals surface area (Å²) in [5.74, 6) is 0.651. The van der Waals surface area contributed by atoms with Crippen molar-refractivity contribution in [2.75, 3.05) is 0 Å². The number of benzene rings is 1. The SMILES string of the molecule is NC(Cc1ccco1)c1cc2cc(F)ccc2s1. The molecule has 0 fully saturated rings. The van der Waals surface area contributed by atoms with Crippen molar-refractivity contribution < 1.29 is 8.81 Å². The third-order valence-electron chi connectivity index (χ3n) is 2.86. The van der Waals surface area contributed by atoms with E-state index in [0.29, 0.717) is 6.42 Å². The van der Waals surface area contributed by atoms with E-state index in [1.54, 1.807) is 23.7 Å². The number of rotatable bonds is 3. The number of halogens is 1. The van der Waals surface area contributed by atoms with E-state index in [2.05, 4.69) is 0 Å². The standard InChI is InChI=1S/C14H12FNOS/c15-10-3-4-13-9(6-10)7-14(18-13)12(16)8-11-2-1-5-17-11/h1-7,12H,8,16H2. The molecule has 0 aliphatic rings. The second-order valence-electron chi connectivity index (χ2n) is 4.22. The smallest absolute Gasteiger partial charge is 0.123 e. The normalized spacial score (nSPS) is 13.0. The Labute approximate surface area is 108 Å². The lowest BCUT2D eigenvalue weighted by atomic mass is 10.1. The number of hydrogen-bond acceptors (Lipinski definition) is 3. The van der Waals surface area contributed by atoms with E-state index in [4.69, 9.17) is 10.2 Å². The van der Waals surface area contributed by atoms with Crippen LogP contribution in [-0.4, -0.2) is 0 Å². The van der Waals surface area contributed by atoms with E-state index in [0.717, 1.165) is 20.7 Å². The molecule has 0 aliphatic carbocycles. The predicted octanol–water partition coefficient (Wildman–Crippen LogP) is 3.88. The quantitative estimate of drug-likeness (QED) is 0.777. The summed E-state index contributed by atoms with van der Waals surface area (Å²) >= 11 is 1.60. The maximum absolute atomic E-state index is 13.1. The van der Waals surface area contributed by atoms with Crippen molar-refractivity contribution in [3.8, 4) is 0 Å². The summed E-state index contributed by atoms with van der Waals surface area (Å²) in [4.78, 5) is 1.05. The highest BCUT2D eigenvalue weighted by molar-refractivity contribution is 7.19. The van der Waals surface area contributed by atoms with E-state index in [1.807, 2.05) is 18.2 Å². The first-order chi connectivity index (χ1) is 8.72. The molecule has 2 nitrogen and oxygen atoms in total. The molecule has 1 unspecified atom stereocenters. The molecule has 0 radical (unpaired) electrons. The van der Waals surface area contributed by atoms with Crippen LogP contribution < -0.4 is 5.73 Å². The van der Waals surface area contributed by atoms with Gasteiger partial charge in [-0.05, 0) is 41.8 Å². The fraction of sp³-hybridized carbons (Fsp3) is 0.143. The molecule has 18 heavy (non-hydrogen) atoms. The topological polar surface area (TPSA) is 39.2 Å². The Bertz CT molecular complexity index is 660. The fourth-order valence-corrected chi connectivity index (χ4v) is 3.01. The Kier molecular flexibility index (Phi) is 2.89. The summed E-state index contributed by atoms with van der Waals surface area (Å²) in [6.45, 7) is 0. The van der Waals surface area contributed by atoms with Crippen molar-refractivity contribution in [1.82, 2.24) is 0 Å². The number of nitrogens with two attached hydrogens (primary N) is 1. The fourth-order valence-electron chi connectivity index (χ4n) is 1.96. The predicted molar refractivity (Wildman–Crippen MR) is 71.1 cm³/mol. The van der Waals surface area contributed by atoms with E-state index >= 15 is 0 Å². The third kappa shape index (κ3) is 2.17. The molecular formula is C14H12FNOS. The molecule has 92 valence electrons. The summed E-state index contributed by atoms with van der Waals surface area (Å²) < 4.78 is 19.5. The van der Waals surface area contributed by atoms with E-state index in [-0.39, 0.29) is 11.9 Å². The zero-order valence-corrected chi connectivity index (χ0v) is 10.4. The molecule has 0 saturated carbocycles. The summed E-state index contributed by atoms with van der Waals surface area (Å²) in [6, 6.07) is 10.4. The molecule has 1 atom stereocenters. The maximum Gasteiger partial charge on any atom is 0.123 e. The van der Waals surface area contributed by atoms with Crippen LogP contribution in [0.25, 0.3) is 10.1 Å². The zero-order chi connectivity index (χ0) is 12.5. The zero-order valence-electron chi connectivity index (χ0n) is 9.60. The van der Waals surface area contributed by atoms with Crippen LogP contribution in [0.15, 0.2) is 47.1 Å². The molecule has 2 N–H and O–H groups in total. The third-order valence-corrected chi connectivity index (χ3v) is 4.11. The number of thiophene rings is 1. The Hall–Kier alpha value is -1.65. The summed E-state index contributed by atoms with van der Waals surface area (Å²) in [7, 11) is 0. The van der Waals surface area contributed by atoms with Crippen LogP contribution in [0.2, 0.25) is 0 Å². The number of furan rings is 1. The molecule has 2 aromatic heterocycles. The van der Waals surface area contributed by atoms with Crippen LogP contribution in [0.3, 0.4) is 0 Å². The van der Waals surface area contributed by atoms with Gasteiger partial charge in [-0.15, -0.1) is 11.3 Å². The van der Waals surface area contributed by atoms with Crippen molar-refractivity contribution >= 4 is 21.4 Å². The average Bonchev–Trinajstić information content (AvgIpc) is 2.96. The van der Waals surface area contributed by atoms with E-state index in [9.17, 15) is 4.39 Å². The van der Waals surface area contributed by atoms with Crippen LogP contribution >= 0.6 is 11.3 Å². The molecule has 1 aromatic carbocycles. The summed E-state index contributed by atoms with van der Waals surface area (Å²) in [5.41, 5.74) is 6.14. The van der Waals surface area contributed by atoms with E-state index < -0.39 is 0 Å². The highest BCUT2D eigenvalue weighted by Gasteiger charge is 2.12. The van der Waals surface area contributed by atoms with Crippen molar-refractivity contribution in [3.05, 3.63) is 59.1 Å². The average molecular weight is 261 g/mol. The highest BCUT2D eigenvalue weighted by Crippen LogP contribution is 2.30. The largest absolute Gasteiger partial charge is 0.469 e. The molecule has 0 aliphatic heterocycles. The van der Waals surface area contributed by atoms with Gasteiger partial charge >= 0.3 is 0 Å². The minimum absolute atomic E-state index is 0.114. The molecule has 2 heterocycles. The lowest BCUT2D eigenvalue weighted by Gasteiger charge is -2.06. The van der Waals surface area contributed by atoms with Crippen LogP contribution in [-0.2, 0) is 6.42 Å². The molecule has 0 spiro atoms. The Balaban J connectivity index is 1.89. The van der Waals surface area contributed by atoms with E-state index in [1.165, 1.54) is 12.1 Å². The van der Waals surface area contributed by atoms with Gasteiger partial charge in [0.05, 0.1) is 6.26 Å². The second-order valence-corrected chi connectivity index (χ2v) is 5.34. The van der Waals surface area contributed by atoms with Gasteiger partial charge in [-0.2, -0.15) is 0 Å². The molecule has 3 aromatic rings. The van der Waals surface area contributed by atoms with Gasteiger partial charge in [-0.3, -0.25) is 0 Å². The van der Waals surface area contributed by atoms with Gasteiger partial charge in [0, 0.05) is 22.0 Å². The molecule has 0 saturated heterocycles. The Morgan fingerprint density at radius 2 is 2.17 bits per heavy atom. The first kappa shape index (κ1) is 11.4. The van der Waals surface area contributed by atoms with Crippen LogP contribution in [0, 0.1) is 5.82 Å². The van der Waals surface area contributed by atoms with Gasteiger partial charge in [0.25, 0.3) is 0 Å². The van der Waals surface area contributed by atoms with Gasteiger partial charge in [0.1, 0.15) is 11.6 Å². The first-order valence-electron chi connectivity index (χ1n) is 5.69. The van der Waals surface area contributed by atoms with Gasteiger partial charge in [0.15, 0.2) is 0 Å². The molecule has 0 amide bonds. The summed E-state index contributed by atoms with van der Waals surface area (Å²) in [6.07, 6.45) is 2.30. The molecule has 4 heteroatoms. The first-order valence-corrected chi connectivity index (χ1v) is 6.51. The van der Waals surface area contributed by atoms with Gasteiger partial charge in [-0.25, -0.2) is 4.39 Å². The van der Waals surface area contributed by atoms with Crippen molar-refractivity contribution in [1.29, 1.82) is 0 Å². The molecule has 3 rings (SSSR count). The van der Waals surface area contributed by atoms with Gasteiger partial charge in [-0.1, -0.05) is 0 Å². The van der Waals surface area contributed by atoms with Gasteiger partial charge in [0.2, 0.25) is 0 Å². The molecular weight excluding hydrogens is 249 g/mol. The number of hydrogen-bond donors (Lipinski definition) is 1. The minimum Gasteiger partial charge on any atom is -0.469 e. The Morgan fingerprint density at radius 3 is 2.94 bits per heavy atom. The monoisotopic (exact) mass is 261 g/mol. The lowest BCUT2D eigenvalue weighted by molar-refractivity contribution is 0.490.